The molecular formula is C18H17N7O. The van der Waals surface area contributed by atoms with Gasteiger partial charge in [-0.3, -0.25) is 4.98 Å². The second-order valence-electron chi connectivity index (χ2n) is 6.28. The van der Waals surface area contributed by atoms with Crippen LogP contribution in [-0.4, -0.2) is 48.8 Å². The van der Waals surface area contributed by atoms with Gasteiger partial charge < -0.3 is 10.1 Å². The van der Waals surface area contributed by atoms with E-state index in [0.717, 1.165) is 48.2 Å². The Balaban J connectivity index is 1.44. The molecule has 0 saturated carbocycles. The van der Waals surface area contributed by atoms with E-state index in [1.807, 2.05) is 29.0 Å². The van der Waals surface area contributed by atoms with E-state index in [1.54, 1.807) is 18.6 Å². The van der Waals surface area contributed by atoms with Gasteiger partial charge in [0, 0.05) is 49.1 Å². The number of pyridine rings is 1. The molecule has 1 N–H and O–H groups in total. The van der Waals surface area contributed by atoms with Crippen molar-refractivity contribution in [2.75, 3.05) is 18.5 Å². The van der Waals surface area contributed by atoms with E-state index in [1.165, 1.54) is 0 Å². The maximum Gasteiger partial charge on any atom is 0.241 e. The normalized spacial score (nSPS) is 17.2. The van der Waals surface area contributed by atoms with E-state index in [2.05, 4.69) is 30.4 Å². The summed E-state index contributed by atoms with van der Waals surface area (Å²) in [6, 6.07) is 3.99. The molecular weight excluding hydrogens is 330 g/mol. The average molecular weight is 347 g/mol. The van der Waals surface area contributed by atoms with Gasteiger partial charge in [-0.25, -0.2) is 19.5 Å². The van der Waals surface area contributed by atoms with Crippen LogP contribution in [0, 0.1) is 0 Å². The first kappa shape index (κ1) is 15.2. The molecule has 0 radical (unpaired) electrons. The molecule has 0 aliphatic carbocycles. The Morgan fingerprint density at radius 2 is 2.12 bits per heavy atom. The monoisotopic (exact) mass is 347 g/mol. The van der Waals surface area contributed by atoms with Crippen molar-refractivity contribution >= 4 is 22.6 Å². The zero-order chi connectivity index (χ0) is 17.3. The summed E-state index contributed by atoms with van der Waals surface area (Å²) < 4.78 is 7.44. The van der Waals surface area contributed by atoms with E-state index >= 15 is 0 Å². The van der Waals surface area contributed by atoms with Gasteiger partial charge in [0.05, 0.1) is 17.8 Å². The third-order valence-electron chi connectivity index (χ3n) is 4.56. The Hall–Kier alpha value is -3.13. The lowest BCUT2D eigenvalue weighted by Crippen LogP contribution is -2.20. The lowest BCUT2D eigenvalue weighted by Gasteiger charge is -2.10. The maximum absolute atomic E-state index is 5.62. The number of nitrogens with zero attached hydrogens (tertiary/aromatic N) is 6. The van der Waals surface area contributed by atoms with E-state index in [9.17, 15) is 0 Å². The molecule has 4 aromatic heterocycles. The summed E-state index contributed by atoms with van der Waals surface area (Å²) in [5, 5.41) is 7.79. The molecule has 0 bridgehead atoms. The van der Waals surface area contributed by atoms with Crippen molar-refractivity contribution in [2.45, 2.75) is 18.9 Å². The predicted octanol–water partition coefficient (Wildman–Crippen LogP) is 2.33. The number of nitrogens with one attached hydrogen (secondary N) is 1. The third-order valence-corrected chi connectivity index (χ3v) is 4.56. The Morgan fingerprint density at radius 3 is 3.04 bits per heavy atom. The Morgan fingerprint density at radius 1 is 1.15 bits per heavy atom. The van der Waals surface area contributed by atoms with E-state index in [4.69, 9.17) is 4.74 Å². The number of rotatable bonds is 4. The smallest absolute Gasteiger partial charge is 0.241 e. The van der Waals surface area contributed by atoms with Crippen LogP contribution in [0.1, 0.15) is 12.8 Å². The molecule has 8 nitrogen and oxygen atoms in total. The predicted molar refractivity (Wildman–Crippen MR) is 96.8 cm³/mol. The summed E-state index contributed by atoms with van der Waals surface area (Å²) in [4.78, 5) is 17.4. The molecule has 26 heavy (non-hydrogen) atoms. The van der Waals surface area contributed by atoms with E-state index in [0.29, 0.717) is 11.6 Å². The second kappa shape index (κ2) is 6.30. The van der Waals surface area contributed by atoms with Crippen LogP contribution in [0.2, 0.25) is 0 Å². The summed E-state index contributed by atoms with van der Waals surface area (Å²) >= 11 is 0. The van der Waals surface area contributed by atoms with Gasteiger partial charge in [0.1, 0.15) is 5.52 Å². The SMILES string of the molecule is c1cnc2ncc(-c3ccn4nc(NCC5CCCO5)ncc34)cc2n1. The molecule has 1 fully saturated rings. The number of fused-ring (bicyclic) bond motifs is 2. The van der Waals surface area contributed by atoms with E-state index in [-0.39, 0.29) is 6.10 Å². The number of aromatic nitrogens is 6. The summed E-state index contributed by atoms with van der Waals surface area (Å²) in [5.74, 6) is 0.595. The quantitative estimate of drug-likeness (QED) is 0.606. The minimum atomic E-state index is 0.249. The van der Waals surface area contributed by atoms with Gasteiger partial charge in [0.15, 0.2) is 5.65 Å². The van der Waals surface area contributed by atoms with Crippen molar-refractivity contribution in [1.29, 1.82) is 0 Å². The molecule has 1 aliphatic rings. The van der Waals surface area contributed by atoms with Crippen molar-refractivity contribution in [3.63, 3.8) is 0 Å². The second-order valence-corrected chi connectivity index (χ2v) is 6.28. The van der Waals surface area contributed by atoms with Crippen molar-refractivity contribution < 1.29 is 4.74 Å². The fourth-order valence-electron chi connectivity index (χ4n) is 3.24. The highest BCUT2D eigenvalue weighted by Gasteiger charge is 2.16. The molecule has 1 unspecified atom stereocenters. The largest absolute Gasteiger partial charge is 0.376 e. The van der Waals surface area contributed by atoms with Crippen molar-refractivity contribution in [3.05, 3.63) is 43.1 Å². The molecule has 0 spiro atoms. The summed E-state index contributed by atoms with van der Waals surface area (Å²) in [5.41, 5.74) is 4.29. The van der Waals surface area contributed by atoms with Gasteiger partial charge >= 0.3 is 0 Å². The first-order chi connectivity index (χ1) is 12.9. The van der Waals surface area contributed by atoms with Crippen LogP contribution in [0.3, 0.4) is 0 Å². The third kappa shape index (κ3) is 2.74. The number of anilines is 1. The minimum absolute atomic E-state index is 0.249. The first-order valence-corrected chi connectivity index (χ1v) is 8.64. The molecule has 5 heterocycles. The number of ether oxygens (including phenoxy) is 1. The molecule has 1 atom stereocenters. The fourth-order valence-corrected chi connectivity index (χ4v) is 3.24. The average Bonchev–Trinajstić information content (AvgIpc) is 3.35. The minimum Gasteiger partial charge on any atom is -0.376 e. The van der Waals surface area contributed by atoms with Crippen LogP contribution < -0.4 is 5.32 Å². The highest BCUT2D eigenvalue weighted by Crippen LogP contribution is 2.26. The molecule has 1 saturated heterocycles. The van der Waals surface area contributed by atoms with Crippen LogP contribution in [0.15, 0.2) is 43.1 Å². The summed E-state index contributed by atoms with van der Waals surface area (Å²) in [7, 11) is 0. The molecule has 8 heteroatoms. The van der Waals surface area contributed by atoms with Crippen LogP contribution >= 0.6 is 0 Å². The highest BCUT2D eigenvalue weighted by atomic mass is 16.5. The van der Waals surface area contributed by atoms with Gasteiger partial charge in [-0.1, -0.05) is 0 Å². The van der Waals surface area contributed by atoms with Crippen molar-refractivity contribution in [3.8, 4) is 11.1 Å². The Labute approximate surface area is 149 Å². The molecule has 5 rings (SSSR count). The lowest BCUT2D eigenvalue weighted by molar-refractivity contribution is 0.120. The van der Waals surface area contributed by atoms with Gasteiger partial charge in [-0.2, -0.15) is 0 Å². The lowest BCUT2D eigenvalue weighted by atomic mass is 10.1. The number of hydrogen-bond donors (Lipinski definition) is 1. The molecule has 0 amide bonds. The van der Waals surface area contributed by atoms with Crippen LogP contribution in [0.5, 0.6) is 0 Å². The maximum atomic E-state index is 5.62. The zero-order valence-corrected chi connectivity index (χ0v) is 14.0. The molecule has 0 aromatic carbocycles. The Bertz CT molecular complexity index is 1070. The highest BCUT2D eigenvalue weighted by molar-refractivity contribution is 5.84. The molecule has 4 aromatic rings. The van der Waals surface area contributed by atoms with Gasteiger partial charge in [-0.15, -0.1) is 5.10 Å². The van der Waals surface area contributed by atoms with Gasteiger partial charge in [0.2, 0.25) is 5.95 Å². The number of hydrogen-bond acceptors (Lipinski definition) is 7. The topological polar surface area (TPSA) is 90.1 Å². The molecule has 1 aliphatic heterocycles. The van der Waals surface area contributed by atoms with E-state index < -0.39 is 0 Å². The summed E-state index contributed by atoms with van der Waals surface area (Å²) in [6.45, 7) is 1.57. The molecule has 130 valence electrons. The fraction of sp³-hybridized carbons (Fsp3) is 0.278. The zero-order valence-electron chi connectivity index (χ0n) is 14.0. The standard InChI is InChI=1S/C18H17N7O/c1-2-13(26-7-1)10-22-18-23-11-16-14(3-6-25(16)24-18)12-8-15-17(21-9-12)20-5-4-19-15/h3-6,8-9,11,13H,1-2,7,10H2,(H,22,24). The first-order valence-electron chi connectivity index (χ1n) is 8.64. The van der Waals surface area contributed by atoms with Crippen molar-refractivity contribution in [2.24, 2.45) is 0 Å². The Kier molecular flexibility index (Phi) is 3.67. The van der Waals surface area contributed by atoms with Crippen LogP contribution in [0.25, 0.3) is 27.8 Å². The van der Waals surface area contributed by atoms with Crippen molar-refractivity contribution in [1.82, 2.24) is 29.5 Å². The van der Waals surface area contributed by atoms with Crippen LogP contribution in [0.4, 0.5) is 5.95 Å². The van der Waals surface area contributed by atoms with Gasteiger partial charge in [-0.05, 0) is 25.0 Å². The van der Waals surface area contributed by atoms with Crippen LogP contribution in [-0.2, 0) is 4.74 Å². The van der Waals surface area contributed by atoms with Gasteiger partial charge in [0.25, 0.3) is 0 Å². The summed E-state index contributed by atoms with van der Waals surface area (Å²) in [6.07, 6.45) is 11.3.